The zero-order valence-electron chi connectivity index (χ0n) is 12.2. The molecule has 7 nitrogen and oxygen atoms in total. The topological polar surface area (TPSA) is 100 Å². The van der Waals surface area contributed by atoms with Crippen molar-refractivity contribution in [1.82, 2.24) is 10.4 Å². The van der Waals surface area contributed by atoms with Crippen molar-refractivity contribution in [3.8, 4) is 0 Å². The Balaban J connectivity index is 1.72. The van der Waals surface area contributed by atoms with E-state index in [1.165, 1.54) is 18.3 Å². The van der Waals surface area contributed by atoms with Crippen molar-refractivity contribution < 1.29 is 9.72 Å². The van der Waals surface area contributed by atoms with Crippen molar-refractivity contribution in [3.63, 3.8) is 0 Å². The Morgan fingerprint density at radius 3 is 2.88 bits per heavy atom. The summed E-state index contributed by atoms with van der Waals surface area (Å²) in [5.41, 5.74) is 3.95. The Morgan fingerprint density at radius 2 is 2.08 bits per heavy atom. The SMILES string of the molecule is O=C(NN=Cc1cccc([N+](=O)[O-])c1)c1cc2cc(Cl)ccc2[nH]1. The smallest absolute Gasteiger partial charge is 0.287 e. The number of nitro benzene ring substituents is 1. The minimum atomic E-state index is -0.495. The highest BCUT2D eigenvalue weighted by Gasteiger charge is 2.09. The Hall–Kier alpha value is -3.19. The number of hydrogen-bond donors (Lipinski definition) is 2. The molecule has 0 radical (unpaired) electrons. The number of hydrogen-bond acceptors (Lipinski definition) is 4. The van der Waals surface area contributed by atoms with Crippen molar-refractivity contribution >= 4 is 40.3 Å². The van der Waals surface area contributed by atoms with Gasteiger partial charge in [0.15, 0.2) is 0 Å². The fourth-order valence-corrected chi connectivity index (χ4v) is 2.35. The van der Waals surface area contributed by atoms with Crippen LogP contribution in [0.2, 0.25) is 5.02 Å². The van der Waals surface area contributed by atoms with E-state index in [0.717, 1.165) is 10.9 Å². The van der Waals surface area contributed by atoms with Gasteiger partial charge in [-0.25, -0.2) is 5.43 Å². The molecule has 0 spiro atoms. The highest BCUT2D eigenvalue weighted by Crippen LogP contribution is 2.20. The molecule has 24 heavy (non-hydrogen) atoms. The molecule has 3 rings (SSSR count). The molecule has 0 atom stereocenters. The molecule has 2 N–H and O–H groups in total. The first-order valence-corrected chi connectivity index (χ1v) is 7.27. The first kappa shape index (κ1) is 15.7. The van der Waals surface area contributed by atoms with Gasteiger partial charge < -0.3 is 4.98 Å². The third-order valence-electron chi connectivity index (χ3n) is 3.29. The van der Waals surface area contributed by atoms with Gasteiger partial charge in [-0.05, 0) is 24.3 Å². The summed E-state index contributed by atoms with van der Waals surface area (Å²) < 4.78 is 0. The van der Waals surface area contributed by atoms with E-state index in [-0.39, 0.29) is 5.69 Å². The van der Waals surface area contributed by atoms with Gasteiger partial charge in [-0.3, -0.25) is 14.9 Å². The van der Waals surface area contributed by atoms with Crippen LogP contribution >= 0.6 is 11.6 Å². The Kier molecular flexibility index (Phi) is 4.26. The molecule has 0 aliphatic heterocycles. The van der Waals surface area contributed by atoms with Gasteiger partial charge >= 0.3 is 0 Å². The predicted octanol–water partition coefficient (Wildman–Crippen LogP) is 3.49. The van der Waals surface area contributed by atoms with E-state index in [4.69, 9.17) is 11.6 Å². The number of fused-ring (bicyclic) bond motifs is 1. The van der Waals surface area contributed by atoms with E-state index in [1.807, 2.05) is 0 Å². The van der Waals surface area contributed by atoms with E-state index >= 15 is 0 Å². The zero-order chi connectivity index (χ0) is 17.1. The van der Waals surface area contributed by atoms with Gasteiger partial charge in [0.1, 0.15) is 5.69 Å². The monoisotopic (exact) mass is 342 g/mol. The van der Waals surface area contributed by atoms with E-state index in [1.54, 1.807) is 36.4 Å². The molecular formula is C16H11ClN4O3. The molecule has 8 heteroatoms. The van der Waals surface area contributed by atoms with Crippen LogP contribution in [0.25, 0.3) is 10.9 Å². The third kappa shape index (κ3) is 3.41. The van der Waals surface area contributed by atoms with Crippen molar-refractivity contribution in [2.24, 2.45) is 5.10 Å². The van der Waals surface area contributed by atoms with Gasteiger partial charge in [-0.2, -0.15) is 5.10 Å². The minimum Gasteiger partial charge on any atom is -0.350 e. The molecule has 1 amide bonds. The number of nitrogens with one attached hydrogen (secondary N) is 2. The normalized spacial score (nSPS) is 11.0. The van der Waals surface area contributed by atoms with Crippen LogP contribution in [0, 0.1) is 10.1 Å². The van der Waals surface area contributed by atoms with Crippen LogP contribution in [0.1, 0.15) is 16.1 Å². The fourth-order valence-electron chi connectivity index (χ4n) is 2.17. The number of aromatic nitrogens is 1. The molecule has 0 aliphatic carbocycles. The average Bonchev–Trinajstić information content (AvgIpc) is 2.98. The summed E-state index contributed by atoms with van der Waals surface area (Å²) in [5, 5.41) is 15.9. The lowest BCUT2D eigenvalue weighted by molar-refractivity contribution is -0.384. The molecule has 1 aromatic heterocycles. The number of aromatic amines is 1. The van der Waals surface area contributed by atoms with Gasteiger partial charge in [-0.1, -0.05) is 23.7 Å². The van der Waals surface area contributed by atoms with Gasteiger partial charge in [0, 0.05) is 33.6 Å². The molecule has 2 aromatic carbocycles. The summed E-state index contributed by atoms with van der Waals surface area (Å²) in [6.45, 7) is 0. The largest absolute Gasteiger partial charge is 0.350 e. The number of hydrazone groups is 1. The highest BCUT2D eigenvalue weighted by molar-refractivity contribution is 6.31. The lowest BCUT2D eigenvalue weighted by Gasteiger charge is -1.97. The Bertz CT molecular complexity index is 965. The van der Waals surface area contributed by atoms with Crippen molar-refractivity contribution in [2.75, 3.05) is 0 Å². The molecule has 0 saturated heterocycles. The van der Waals surface area contributed by atoms with Crippen LogP contribution < -0.4 is 5.43 Å². The molecule has 0 unspecified atom stereocenters. The van der Waals surface area contributed by atoms with Crippen LogP contribution in [0.4, 0.5) is 5.69 Å². The number of nitro groups is 1. The molecule has 0 saturated carbocycles. The van der Waals surface area contributed by atoms with Crippen LogP contribution in [0.15, 0.2) is 53.6 Å². The summed E-state index contributed by atoms with van der Waals surface area (Å²) in [4.78, 5) is 25.2. The first-order chi connectivity index (χ1) is 11.5. The predicted molar refractivity (Wildman–Crippen MR) is 91.5 cm³/mol. The number of halogens is 1. The van der Waals surface area contributed by atoms with E-state index in [9.17, 15) is 14.9 Å². The number of carbonyl (C=O) groups is 1. The number of H-pyrrole nitrogens is 1. The summed E-state index contributed by atoms with van der Waals surface area (Å²) in [6.07, 6.45) is 1.34. The van der Waals surface area contributed by atoms with Gasteiger partial charge in [0.25, 0.3) is 11.6 Å². The van der Waals surface area contributed by atoms with Crippen molar-refractivity contribution in [2.45, 2.75) is 0 Å². The average molecular weight is 343 g/mol. The highest BCUT2D eigenvalue weighted by atomic mass is 35.5. The molecule has 0 fully saturated rings. The molecule has 0 aliphatic rings. The Morgan fingerprint density at radius 1 is 1.25 bits per heavy atom. The second-order valence-electron chi connectivity index (χ2n) is 4.97. The van der Waals surface area contributed by atoms with Crippen LogP contribution in [-0.4, -0.2) is 22.0 Å². The molecule has 120 valence electrons. The molecule has 3 aromatic rings. The molecule has 0 bridgehead atoms. The maximum Gasteiger partial charge on any atom is 0.287 e. The van der Waals surface area contributed by atoms with E-state index in [0.29, 0.717) is 16.3 Å². The number of carbonyl (C=O) groups excluding carboxylic acids is 1. The van der Waals surface area contributed by atoms with Crippen LogP contribution in [-0.2, 0) is 0 Å². The fraction of sp³-hybridized carbons (Fsp3) is 0. The lowest BCUT2D eigenvalue weighted by Crippen LogP contribution is -2.17. The summed E-state index contributed by atoms with van der Waals surface area (Å²) in [6, 6.07) is 12.8. The number of non-ortho nitro benzene ring substituents is 1. The lowest BCUT2D eigenvalue weighted by atomic mass is 10.2. The van der Waals surface area contributed by atoms with Crippen LogP contribution in [0.5, 0.6) is 0 Å². The molecule has 1 heterocycles. The number of nitrogens with zero attached hydrogens (tertiary/aromatic N) is 2. The maximum absolute atomic E-state index is 12.1. The van der Waals surface area contributed by atoms with Gasteiger partial charge in [0.05, 0.1) is 11.1 Å². The van der Waals surface area contributed by atoms with Crippen molar-refractivity contribution in [3.05, 3.63) is 74.9 Å². The van der Waals surface area contributed by atoms with Gasteiger partial charge in [0.2, 0.25) is 0 Å². The van der Waals surface area contributed by atoms with Crippen molar-refractivity contribution in [1.29, 1.82) is 0 Å². The zero-order valence-corrected chi connectivity index (χ0v) is 12.9. The minimum absolute atomic E-state index is 0.0437. The number of rotatable bonds is 4. The van der Waals surface area contributed by atoms with Crippen LogP contribution in [0.3, 0.4) is 0 Å². The van der Waals surface area contributed by atoms with Gasteiger partial charge in [-0.15, -0.1) is 0 Å². The second-order valence-corrected chi connectivity index (χ2v) is 5.40. The van der Waals surface area contributed by atoms with E-state index < -0.39 is 10.8 Å². The number of benzene rings is 2. The standard InChI is InChI=1S/C16H11ClN4O3/c17-12-4-5-14-11(7-12)8-15(19-14)16(22)20-18-9-10-2-1-3-13(6-10)21(23)24/h1-9,19H,(H,20,22). The summed E-state index contributed by atoms with van der Waals surface area (Å²) >= 11 is 5.91. The third-order valence-corrected chi connectivity index (χ3v) is 3.52. The summed E-state index contributed by atoms with van der Waals surface area (Å²) in [7, 11) is 0. The summed E-state index contributed by atoms with van der Waals surface area (Å²) in [5.74, 6) is -0.427. The molecular weight excluding hydrogens is 332 g/mol. The second kappa shape index (κ2) is 6.51. The van der Waals surface area contributed by atoms with E-state index in [2.05, 4.69) is 15.5 Å². The first-order valence-electron chi connectivity index (χ1n) is 6.89. The quantitative estimate of drug-likeness (QED) is 0.431. The number of amides is 1. The Labute approximate surface area is 141 Å². The maximum atomic E-state index is 12.1.